The highest BCUT2D eigenvalue weighted by Crippen LogP contribution is 2.21. The third-order valence-electron chi connectivity index (χ3n) is 5.34. The fourth-order valence-corrected chi connectivity index (χ4v) is 3.66. The van der Waals surface area contributed by atoms with Gasteiger partial charge in [0.05, 0.1) is 11.1 Å². The smallest absolute Gasteiger partial charge is 0.359 e. The molecule has 1 N–H and O–H groups in total. The van der Waals surface area contributed by atoms with Crippen molar-refractivity contribution in [3.63, 3.8) is 0 Å². The lowest BCUT2D eigenvalue weighted by molar-refractivity contribution is -0.119. The van der Waals surface area contributed by atoms with E-state index in [2.05, 4.69) is 10.4 Å². The number of ether oxygens (including phenoxy) is 1. The highest BCUT2D eigenvalue weighted by Gasteiger charge is 2.20. The molecule has 7 nitrogen and oxygen atoms in total. The molecule has 33 heavy (non-hydrogen) atoms. The van der Waals surface area contributed by atoms with Crippen LogP contribution in [-0.2, 0) is 16.0 Å². The molecule has 0 saturated heterocycles. The summed E-state index contributed by atoms with van der Waals surface area (Å²) in [4.78, 5) is 38.4. The summed E-state index contributed by atoms with van der Waals surface area (Å²) < 4.78 is 6.45. The molecule has 0 saturated carbocycles. The molecule has 1 amide bonds. The summed E-state index contributed by atoms with van der Waals surface area (Å²) in [5, 5.41) is 7.80. The molecule has 166 valence electrons. The molecule has 0 unspecified atom stereocenters. The molecule has 4 rings (SSSR count). The van der Waals surface area contributed by atoms with Crippen LogP contribution in [0.1, 0.15) is 28.5 Å². The van der Waals surface area contributed by atoms with E-state index in [1.165, 1.54) is 4.68 Å². The average Bonchev–Trinajstić information content (AvgIpc) is 2.84. The van der Waals surface area contributed by atoms with Crippen molar-refractivity contribution in [3.05, 3.63) is 100.0 Å². The van der Waals surface area contributed by atoms with Crippen LogP contribution in [0.5, 0.6) is 0 Å². The van der Waals surface area contributed by atoms with Crippen LogP contribution in [0, 0.1) is 6.92 Å². The Morgan fingerprint density at radius 2 is 1.64 bits per heavy atom. The summed E-state index contributed by atoms with van der Waals surface area (Å²) in [6.07, 6.45) is 0.758. The van der Waals surface area contributed by atoms with Crippen molar-refractivity contribution in [2.45, 2.75) is 20.3 Å². The Balaban J connectivity index is 1.61. The quantitative estimate of drug-likeness (QED) is 0.456. The summed E-state index contributed by atoms with van der Waals surface area (Å²) in [5.74, 6) is -1.24. The fourth-order valence-electron chi connectivity index (χ4n) is 3.66. The molecule has 0 atom stereocenters. The highest BCUT2D eigenvalue weighted by atomic mass is 16.5. The van der Waals surface area contributed by atoms with Crippen molar-refractivity contribution in [3.8, 4) is 5.69 Å². The molecular weight excluding hydrogens is 418 g/mol. The van der Waals surface area contributed by atoms with E-state index in [1.807, 2.05) is 38.1 Å². The van der Waals surface area contributed by atoms with Gasteiger partial charge in [-0.25, -0.2) is 4.79 Å². The molecule has 0 aliphatic heterocycles. The van der Waals surface area contributed by atoms with Gasteiger partial charge < -0.3 is 10.1 Å². The first kappa shape index (κ1) is 22.0. The second-order valence-corrected chi connectivity index (χ2v) is 7.53. The number of anilines is 1. The molecule has 0 spiro atoms. The molecule has 0 radical (unpaired) electrons. The molecule has 1 heterocycles. The number of nitrogens with one attached hydrogen (secondary N) is 1. The Labute approximate surface area is 190 Å². The van der Waals surface area contributed by atoms with E-state index in [0.717, 1.165) is 23.2 Å². The van der Waals surface area contributed by atoms with Gasteiger partial charge in [0.15, 0.2) is 12.3 Å². The maximum absolute atomic E-state index is 12.9. The second-order valence-electron chi connectivity index (χ2n) is 7.53. The van der Waals surface area contributed by atoms with Gasteiger partial charge in [-0.05, 0) is 42.7 Å². The second kappa shape index (κ2) is 9.48. The Morgan fingerprint density at radius 1 is 0.939 bits per heavy atom. The van der Waals surface area contributed by atoms with Gasteiger partial charge in [0.25, 0.3) is 11.5 Å². The third-order valence-corrected chi connectivity index (χ3v) is 5.34. The van der Waals surface area contributed by atoms with Gasteiger partial charge in [0.2, 0.25) is 0 Å². The molecule has 7 heteroatoms. The van der Waals surface area contributed by atoms with E-state index in [9.17, 15) is 14.4 Å². The fraction of sp³-hybridized carbons (Fsp3) is 0.154. The Hall–Kier alpha value is -4.26. The van der Waals surface area contributed by atoms with Crippen molar-refractivity contribution < 1.29 is 14.3 Å². The van der Waals surface area contributed by atoms with Gasteiger partial charge in [-0.15, -0.1) is 0 Å². The minimum absolute atomic E-state index is 0.0352. The molecule has 4 aromatic rings. The van der Waals surface area contributed by atoms with Crippen molar-refractivity contribution in [2.24, 2.45) is 0 Å². The van der Waals surface area contributed by atoms with Gasteiger partial charge in [-0.1, -0.05) is 61.5 Å². The minimum Gasteiger partial charge on any atom is -0.451 e. The number of para-hydroxylation sites is 2. The first-order valence-corrected chi connectivity index (χ1v) is 10.6. The van der Waals surface area contributed by atoms with Crippen LogP contribution in [0.4, 0.5) is 5.69 Å². The van der Waals surface area contributed by atoms with Crippen LogP contribution in [-0.4, -0.2) is 28.3 Å². The number of nitrogens with zero attached hydrogens (tertiary/aromatic N) is 2. The summed E-state index contributed by atoms with van der Waals surface area (Å²) in [5.41, 5.74) is 2.78. The number of rotatable bonds is 6. The molecule has 1 aromatic heterocycles. The summed E-state index contributed by atoms with van der Waals surface area (Å²) in [7, 11) is 0. The number of carbonyl (C=O) groups excluding carboxylic acids is 2. The predicted octanol–water partition coefficient (Wildman–Crippen LogP) is 4.05. The molecule has 0 bridgehead atoms. The molecule has 3 aromatic carbocycles. The lowest BCUT2D eigenvalue weighted by atomic mass is 10.1. The normalized spacial score (nSPS) is 10.7. The zero-order valence-electron chi connectivity index (χ0n) is 18.4. The monoisotopic (exact) mass is 441 g/mol. The van der Waals surface area contributed by atoms with E-state index < -0.39 is 18.5 Å². The van der Waals surface area contributed by atoms with Crippen LogP contribution in [0.15, 0.2) is 77.6 Å². The number of hydrogen-bond acceptors (Lipinski definition) is 5. The van der Waals surface area contributed by atoms with Gasteiger partial charge in [-0.2, -0.15) is 9.78 Å². The minimum atomic E-state index is -0.786. The summed E-state index contributed by atoms with van der Waals surface area (Å²) in [6, 6.07) is 21.3. The van der Waals surface area contributed by atoms with E-state index >= 15 is 0 Å². The van der Waals surface area contributed by atoms with Crippen molar-refractivity contribution in [2.75, 3.05) is 11.9 Å². The van der Waals surface area contributed by atoms with Crippen LogP contribution < -0.4 is 10.9 Å². The number of aryl methyl sites for hydroxylation is 2. The van der Waals surface area contributed by atoms with Crippen LogP contribution in [0.25, 0.3) is 16.5 Å². The van der Waals surface area contributed by atoms with Crippen LogP contribution in [0.2, 0.25) is 0 Å². The van der Waals surface area contributed by atoms with E-state index in [-0.39, 0.29) is 11.3 Å². The maximum atomic E-state index is 12.9. The summed E-state index contributed by atoms with van der Waals surface area (Å²) in [6.45, 7) is 3.43. The van der Waals surface area contributed by atoms with Gasteiger partial charge in [-0.3, -0.25) is 9.59 Å². The molecule has 0 fully saturated rings. The van der Waals surface area contributed by atoms with Gasteiger partial charge in [0, 0.05) is 11.1 Å². The van der Waals surface area contributed by atoms with Gasteiger partial charge in [0.1, 0.15) is 0 Å². The number of hydrogen-bond donors (Lipinski definition) is 1. The Morgan fingerprint density at radius 3 is 2.36 bits per heavy atom. The Bertz CT molecular complexity index is 1390. The number of esters is 1. The number of carbonyl (C=O) groups is 2. The molecular formula is C26H23N3O4. The largest absolute Gasteiger partial charge is 0.451 e. The standard InChI is InChI=1S/C26H23N3O4/c1-3-18-11-9-10-17(2)23(18)27-22(30)16-33-26(32)24-20-14-7-8-15-21(20)25(31)29(28-24)19-12-5-4-6-13-19/h4-15H,3,16H2,1-2H3,(H,27,30). The predicted molar refractivity (Wildman–Crippen MR) is 127 cm³/mol. The lowest BCUT2D eigenvalue weighted by Crippen LogP contribution is -2.27. The van der Waals surface area contributed by atoms with E-state index in [0.29, 0.717) is 16.5 Å². The maximum Gasteiger partial charge on any atom is 0.359 e. The van der Waals surface area contributed by atoms with E-state index in [1.54, 1.807) is 48.5 Å². The zero-order chi connectivity index (χ0) is 23.4. The van der Waals surface area contributed by atoms with Crippen molar-refractivity contribution >= 4 is 28.3 Å². The number of aromatic nitrogens is 2. The first-order valence-electron chi connectivity index (χ1n) is 10.6. The molecule has 0 aliphatic carbocycles. The lowest BCUT2D eigenvalue weighted by Gasteiger charge is -2.13. The van der Waals surface area contributed by atoms with Crippen molar-refractivity contribution in [1.29, 1.82) is 0 Å². The Kier molecular flexibility index (Phi) is 6.31. The number of benzene rings is 3. The number of amides is 1. The third kappa shape index (κ3) is 4.52. The van der Waals surface area contributed by atoms with Gasteiger partial charge >= 0.3 is 5.97 Å². The van der Waals surface area contributed by atoms with Crippen LogP contribution >= 0.6 is 0 Å². The SMILES string of the molecule is CCc1cccc(C)c1NC(=O)COC(=O)c1nn(-c2ccccc2)c(=O)c2ccccc12. The first-order chi connectivity index (χ1) is 16.0. The molecule has 0 aliphatic rings. The zero-order valence-corrected chi connectivity index (χ0v) is 18.4. The average molecular weight is 441 g/mol. The highest BCUT2D eigenvalue weighted by molar-refractivity contribution is 6.03. The summed E-state index contributed by atoms with van der Waals surface area (Å²) >= 11 is 0. The van der Waals surface area contributed by atoms with Crippen molar-refractivity contribution in [1.82, 2.24) is 9.78 Å². The topological polar surface area (TPSA) is 90.3 Å². The van der Waals surface area contributed by atoms with Crippen LogP contribution in [0.3, 0.4) is 0 Å². The number of fused-ring (bicyclic) bond motifs is 1. The van der Waals surface area contributed by atoms with E-state index in [4.69, 9.17) is 4.74 Å².